The van der Waals surface area contributed by atoms with Crippen LogP contribution in [0, 0.1) is 35.1 Å². The second-order valence-electron chi connectivity index (χ2n) is 11.1. The van der Waals surface area contributed by atoms with Crippen molar-refractivity contribution in [2.45, 2.75) is 58.0 Å². The van der Waals surface area contributed by atoms with Gasteiger partial charge in [-0.15, -0.1) is 0 Å². The predicted molar refractivity (Wildman–Crippen MR) is 133 cm³/mol. The fourth-order valence-electron chi connectivity index (χ4n) is 6.32. The molecule has 4 aliphatic rings. The smallest absolute Gasteiger partial charge is 0.134 e. The average molecular weight is 456 g/mol. The minimum Gasteiger partial charge on any atom is -0.464 e. The molecule has 4 heteroatoms. The maximum absolute atomic E-state index is 9.79. The van der Waals surface area contributed by atoms with Crippen molar-refractivity contribution in [3.05, 3.63) is 59.4 Å². The Morgan fingerprint density at radius 1 is 1.24 bits per heavy atom. The van der Waals surface area contributed by atoms with Crippen LogP contribution in [0.5, 0.6) is 0 Å². The van der Waals surface area contributed by atoms with E-state index in [9.17, 15) is 5.11 Å². The molecule has 1 aromatic heterocycles. The summed E-state index contributed by atoms with van der Waals surface area (Å²) in [7, 11) is 0. The number of hydrogen-bond acceptors (Lipinski definition) is 4. The fraction of sp³-hybridized carbons (Fsp3) is 0.500. The molecule has 34 heavy (non-hydrogen) atoms. The summed E-state index contributed by atoms with van der Waals surface area (Å²) >= 11 is 0. The molecule has 2 saturated carbocycles. The highest BCUT2D eigenvalue weighted by molar-refractivity contribution is 5.90. The molecule has 176 valence electrons. The van der Waals surface area contributed by atoms with Crippen LogP contribution in [0.3, 0.4) is 0 Å². The third-order valence-electron chi connectivity index (χ3n) is 8.48. The number of furan rings is 1. The van der Waals surface area contributed by atoms with E-state index >= 15 is 0 Å². The molecule has 1 aromatic carbocycles. The Morgan fingerprint density at radius 3 is 2.74 bits per heavy atom. The molecule has 2 aliphatic carbocycles. The molecule has 3 fully saturated rings. The number of aliphatic hydroxyl groups is 1. The normalized spacial score (nSPS) is 31.9. The number of allylic oxidation sites excluding steroid dienone is 2. The molecule has 0 spiro atoms. The lowest BCUT2D eigenvalue weighted by molar-refractivity contribution is -0.0300. The first-order chi connectivity index (χ1) is 16.5. The molecule has 1 saturated heterocycles. The first-order valence-corrected chi connectivity index (χ1v) is 12.7. The third kappa shape index (κ3) is 4.06. The van der Waals surface area contributed by atoms with Crippen molar-refractivity contribution in [2.24, 2.45) is 28.2 Å². The summed E-state index contributed by atoms with van der Waals surface area (Å²) in [4.78, 5) is 4.13. The van der Waals surface area contributed by atoms with E-state index in [1.807, 2.05) is 6.26 Å². The van der Waals surface area contributed by atoms with Gasteiger partial charge in [-0.05, 0) is 67.1 Å². The van der Waals surface area contributed by atoms with E-state index in [1.165, 1.54) is 24.8 Å². The molecular weight excluding hydrogens is 422 g/mol. The van der Waals surface area contributed by atoms with Crippen molar-refractivity contribution in [1.29, 1.82) is 0 Å². The van der Waals surface area contributed by atoms with Crippen molar-refractivity contribution < 1.29 is 14.3 Å². The highest BCUT2D eigenvalue weighted by Crippen LogP contribution is 2.74. The molecule has 0 amide bonds. The topological polar surface area (TPSA) is 55.0 Å². The number of aliphatic imine (C=N–C) groups is 1. The van der Waals surface area contributed by atoms with Crippen LogP contribution in [0.1, 0.15) is 56.6 Å². The van der Waals surface area contributed by atoms with Crippen LogP contribution in [0.15, 0.2) is 57.7 Å². The molecule has 2 aliphatic heterocycles. The number of fused-ring (bicyclic) bond motifs is 1. The van der Waals surface area contributed by atoms with Crippen molar-refractivity contribution in [1.82, 2.24) is 0 Å². The van der Waals surface area contributed by atoms with Crippen LogP contribution < -0.4 is 0 Å². The van der Waals surface area contributed by atoms with E-state index < -0.39 is 6.10 Å². The zero-order valence-electron chi connectivity index (χ0n) is 20.1. The molecule has 0 bridgehead atoms. The molecule has 3 heterocycles. The Morgan fingerprint density at radius 2 is 2.06 bits per heavy atom. The minimum atomic E-state index is -0.533. The number of nitrogens with zero attached hydrogens (tertiary/aromatic N) is 1. The van der Waals surface area contributed by atoms with E-state index in [0.29, 0.717) is 17.8 Å². The summed E-state index contributed by atoms with van der Waals surface area (Å²) in [5.41, 5.74) is 6.62. The fourth-order valence-corrected chi connectivity index (χ4v) is 6.32. The lowest BCUT2D eigenvalue weighted by Crippen LogP contribution is -2.26. The number of rotatable bonds is 7. The van der Waals surface area contributed by atoms with Crippen molar-refractivity contribution >= 4 is 5.71 Å². The lowest BCUT2D eigenvalue weighted by Gasteiger charge is -2.25. The Kier molecular flexibility index (Phi) is 5.51. The third-order valence-corrected chi connectivity index (χ3v) is 8.48. The van der Waals surface area contributed by atoms with Gasteiger partial charge in [0.2, 0.25) is 0 Å². The molecule has 2 unspecified atom stereocenters. The van der Waals surface area contributed by atoms with Crippen LogP contribution in [0.4, 0.5) is 0 Å². The second kappa shape index (κ2) is 8.56. The predicted octanol–water partition coefficient (Wildman–Crippen LogP) is 5.77. The standard InChI is InChI=1S/C30H33NO3/c1-19(32)27-13-20(9-10-31-27)11-23-14-28(34-18-23)24-5-7-25(8-6-24)29-26-12-21(15-30(26,29)2)3-4-22-16-33-17-22/h3,5-8,14,18-20,22,26,29,32H,4,11-13,15-17H2,1-2H3/b21-3-/t19-,20?,26-,29?,30-/m0/s1. The molecule has 6 rings (SSSR count). The molecule has 5 atom stereocenters. The van der Waals surface area contributed by atoms with Crippen LogP contribution in [-0.2, 0) is 11.2 Å². The summed E-state index contributed by atoms with van der Waals surface area (Å²) in [5.74, 6) is 6.49. The molecule has 4 nitrogen and oxygen atoms in total. The summed E-state index contributed by atoms with van der Waals surface area (Å²) in [6, 6.07) is 14.0. The second-order valence-corrected chi connectivity index (χ2v) is 11.1. The van der Waals surface area contributed by atoms with Gasteiger partial charge < -0.3 is 14.3 Å². The Hall–Kier alpha value is -2.61. The molecule has 2 aromatic rings. The van der Waals surface area contributed by atoms with E-state index in [4.69, 9.17) is 9.15 Å². The summed E-state index contributed by atoms with van der Waals surface area (Å²) < 4.78 is 11.2. The SMILES string of the molecule is C[C@H](O)C1=NC#CC(Cc2coc(-c3ccc(C4[C@@H]5C/C(=C/CC6COC6)C[C@]45C)cc3)c2)C1. The van der Waals surface area contributed by atoms with Gasteiger partial charge in [0.1, 0.15) is 5.76 Å². The van der Waals surface area contributed by atoms with E-state index in [2.05, 4.69) is 60.3 Å². The number of ether oxygens (including phenoxy) is 1. The van der Waals surface area contributed by atoms with Crippen LogP contribution in [-0.4, -0.2) is 30.1 Å². The summed E-state index contributed by atoms with van der Waals surface area (Å²) in [5, 5.41) is 9.79. The Labute approximate surface area is 202 Å². The quantitative estimate of drug-likeness (QED) is 0.426. The average Bonchev–Trinajstić information content (AvgIpc) is 3.10. The monoisotopic (exact) mass is 455 g/mol. The molecular formula is C30H33NO3. The van der Waals surface area contributed by atoms with Crippen molar-refractivity contribution in [2.75, 3.05) is 13.2 Å². The van der Waals surface area contributed by atoms with Crippen LogP contribution >= 0.6 is 0 Å². The van der Waals surface area contributed by atoms with Gasteiger partial charge in [0.25, 0.3) is 0 Å². The van der Waals surface area contributed by atoms with Crippen LogP contribution in [0.25, 0.3) is 11.3 Å². The summed E-state index contributed by atoms with van der Waals surface area (Å²) in [6.07, 6.45) is 9.07. The van der Waals surface area contributed by atoms with Crippen molar-refractivity contribution in [3.63, 3.8) is 0 Å². The Balaban J connectivity index is 1.07. The first kappa shape index (κ1) is 21.9. The van der Waals surface area contributed by atoms with Gasteiger partial charge in [0.05, 0.1) is 31.3 Å². The molecule has 1 N–H and O–H groups in total. The zero-order valence-corrected chi connectivity index (χ0v) is 20.1. The van der Waals surface area contributed by atoms with Gasteiger partial charge in [-0.2, -0.15) is 0 Å². The number of benzene rings is 1. The Bertz CT molecular complexity index is 1190. The van der Waals surface area contributed by atoms with Crippen LogP contribution in [0.2, 0.25) is 0 Å². The minimum absolute atomic E-state index is 0.172. The summed E-state index contributed by atoms with van der Waals surface area (Å²) in [6.45, 7) is 6.12. The van der Waals surface area contributed by atoms with Crippen molar-refractivity contribution in [3.8, 4) is 23.3 Å². The highest BCUT2D eigenvalue weighted by atomic mass is 16.5. The van der Waals surface area contributed by atoms with Gasteiger partial charge in [0.15, 0.2) is 0 Å². The lowest BCUT2D eigenvalue weighted by atomic mass is 9.92. The van der Waals surface area contributed by atoms with Gasteiger partial charge in [-0.1, -0.05) is 48.8 Å². The van der Waals surface area contributed by atoms with E-state index in [0.717, 1.165) is 54.1 Å². The largest absolute Gasteiger partial charge is 0.464 e. The number of aliphatic hydroxyl groups excluding tert-OH is 1. The van der Waals surface area contributed by atoms with Gasteiger partial charge >= 0.3 is 0 Å². The highest BCUT2D eigenvalue weighted by Gasteiger charge is 2.64. The van der Waals surface area contributed by atoms with E-state index in [1.54, 1.807) is 12.5 Å². The maximum atomic E-state index is 9.79. The van der Waals surface area contributed by atoms with Gasteiger partial charge in [0, 0.05) is 29.9 Å². The molecule has 0 radical (unpaired) electrons. The zero-order chi connectivity index (χ0) is 23.3. The number of hydrogen-bond donors (Lipinski definition) is 1. The van der Waals surface area contributed by atoms with E-state index in [-0.39, 0.29) is 5.92 Å². The van der Waals surface area contributed by atoms with Gasteiger partial charge in [-0.25, -0.2) is 4.99 Å². The maximum Gasteiger partial charge on any atom is 0.134 e. The first-order valence-electron chi connectivity index (χ1n) is 12.7. The van der Waals surface area contributed by atoms with Gasteiger partial charge in [-0.3, -0.25) is 0 Å².